The van der Waals surface area contributed by atoms with Crippen LogP contribution >= 0.6 is 0 Å². The third-order valence-corrected chi connectivity index (χ3v) is 1.85. The number of unbranched alkanes of at least 4 members (excludes halogenated alkanes) is 1. The Bertz CT molecular complexity index is 209. The fourth-order valence-electron chi connectivity index (χ4n) is 0.942. The van der Waals surface area contributed by atoms with Crippen LogP contribution in [0.5, 0.6) is 0 Å². The van der Waals surface area contributed by atoms with Crippen molar-refractivity contribution in [2.75, 3.05) is 13.2 Å². The van der Waals surface area contributed by atoms with Crippen LogP contribution in [0.25, 0.3) is 0 Å². The molecule has 0 aliphatic rings. The Morgan fingerprint density at radius 1 is 1.27 bits per heavy atom. The summed E-state index contributed by atoms with van der Waals surface area (Å²) in [5, 5.41) is 0. The first kappa shape index (κ1) is 13.9. The van der Waals surface area contributed by atoms with Crippen LogP contribution in [0.2, 0.25) is 0 Å². The van der Waals surface area contributed by atoms with E-state index in [1.165, 1.54) is 0 Å². The Morgan fingerprint density at radius 3 is 2.47 bits per heavy atom. The van der Waals surface area contributed by atoms with E-state index in [0.29, 0.717) is 13.2 Å². The molecule has 88 valence electrons. The van der Waals surface area contributed by atoms with Crippen LogP contribution in [0.15, 0.2) is 0 Å². The van der Waals surface area contributed by atoms with Crippen molar-refractivity contribution in [3.8, 4) is 0 Å². The van der Waals surface area contributed by atoms with Crippen molar-refractivity contribution in [2.24, 2.45) is 17.2 Å². The van der Waals surface area contributed by atoms with Crippen LogP contribution in [-0.4, -0.2) is 31.1 Å². The molecule has 0 bridgehead atoms. The molecular formula is C9H19N3O3. The first-order chi connectivity index (χ1) is 7.07. The molecule has 15 heavy (non-hydrogen) atoms. The van der Waals surface area contributed by atoms with Gasteiger partial charge in [0.2, 0.25) is 5.91 Å². The maximum atomic E-state index is 11.2. The number of primary amides is 1. The van der Waals surface area contributed by atoms with E-state index in [1.807, 2.05) is 0 Å². The fourth-order valence-corrected chi connectivity index (χ4v) is 0.942. The average Bonchev–Trinajstić information content (AvgIpc) is 2.20. The van der Waals surface area contributed by atoms with Crippen molar-refractivity contribution < 1.29 is 14.3 Å². The molecule has 0 aliphatic heterocycles. The number of rotatable bonds is 8. The summed E-state index contributed by atoms with van der Waals surface area (Å²) < 4.78 is 4.87. The highest BCUT2D eigenvalue weighted by molar-refractivity contribution is 5.78. The predicted octanol–water partition coefficient (Wildman–Crippen LogP) is -1.14. The van der Waals surface area contributed by atoms with Crippen LogP contribution in [0.4, 0.5) is 0 Å². The van der Waals surface area contributed by atoms with E-state index in [1.54, 1.807) is 0 Å². The molecule has 6 heteroatoms. The van der Waals surface area contributed by atoms with Gasteiger partial charge in [0.15, 0.2) is 0 Å². The minimum atomic E-state index is -0.768. The second-order valence-corrected chi connectivity index (χ2v) is 3.27. The number of nitrogens with two attached hydrogens (primary N) is 3. The van der Waals surface area contributed by atoms with Gasteiger partial charge < -0.3 is 21.9 Å². The van der Waals surface area contributed by atoms with Crippen LogP contribution < -0.4 is 17.2 Å². The van der Waals surface area contributed by atoms with Crippen LogP contribution in [-0.2, 0) is 14.3 Å². The van der Waals surface area contributed by atoms with E-state index in [-0.39, 0.29) is 12.8 Å². The lowest BCUT2D eigenvalue weighted by molar-refractivity contribution is -0.145. The van der Waals surface area contributed by atoms with Gasteiger partial charge >= 0.3 is 5.97 Å². The molecule has 0 radical (unpaired) electrons. The fraction of sp³-hybridized carbons (Fsp3) is 0.778. The molecule has 0 rings (SSSR count). The smallest absolute Gasteiger partial charge is 0.322 e. The van der Waals surface area contributed by atoms with Gasteiger partial charge in [0.1, 0.15) is 6.04 Å². The Kier molecular flexibility index (Phi) is 7.57. The van der Waals surface area contributed by atoms with Gasteiger partial charge in [-0.1, -0.05) is 0 Å². The summed E-state index contributed by atoms with van der Waals surface area (Å²) in [4.78, 5) is 21.6. The van der Waals surface area contributed by atoms with Gasteiger partial charge in [0, 0.05) is 6.42 Å². The van der Waals surface area contributed by atoms with Gasteiger partial charge in [0.25, 0.3) is 0 Å². The van der Waals surface area contributed by atoms with Crippen molar-refractivity contribution >= 4 is 11.9 Å². The summed E-state index contributed by atoms with van der Waals surface area (Å²) in [5.41, 5.74) is 15.7. The summed E-state index contributed by atoms with van der Waals surface area (Å²) in [7, 11) is 0. The van der Waals surface area contributed by atoms with E-state index < -0.39 is 17.9 Å². The third-order valence-electron chi connectivity index (χ3n) is 1.85. The number of ether oxygens (including phenoxy) is 1. The van der Waals surface area contributed by atoms with Crippen LogP contribution in [0.1, 0.15) is 25.7 Å². The summed E-state index contributed by atoms with van der Waals surface area (Å²) in [5.74, 6) is -0.963. The second-order valence-electron chi connectivity index (χ2n) is 3.27. The van der Waals surface area contributed by atoms with E-state index in [0.717, 1.165) is 12.8 Å². The summed E-state index contributed by atoms with van der Waals surface area (Å²) in [6.45, 7) is 0.894. The number of carbonyl (C=O) groups excluding carboxylic acids is 2. The minimum Gasteiger partial charge on any atom is -0.465 e. The highest BCUT2D eigenvalue weighted by Gasteiger charge is 2.15. The van der Waals surface area contributed by atoms with Gasteiger partial charge in [0.05, 0.1) is 6.61 Å². The number of hydrogen-bond donors (Lipinski definition) is 3. The first-order valence-corrected chi connectivity index (χ1v) is 4.98. The first-order valence-electron chi connectivity index (χ1n) is 4.98. The van der Waals surface area contributed by atoms with E-state index >= 15 is 0 Å². The standard InChI is InChI=1S/C9H19N3O3/c10-5-1-2-6-15-9(14)7(11)3-4-8(12)13/h7H,1-6,10-11H2,(H2,12,13)/t7-/m0/s1. The quantitative estimate of drug-likeness (QED) is 0.350. The highest BCUT2D eigenvalue weighted by Crippen LogP contribution is 1.98. The monoisotopic (exact) mass is 217 g/mol. The number of esters is 1. The maximum absolute atomic E-state index is 11.2. The zero-order valence-corrected chi connectivity index (χ0v) is 8.78. The zero-order valence-electron chi connectivity index (χ0n) is 8.78. The van der Waals surface area contributed by atoms with Crippen molar-refractivity contribution in [1.82, 2.24) is 0 Å². The third kappa shape index (κ3) is 7.90. The van der Waals surface area contributed by atoms with Crippen LogP contribution in [0.3, 0.4) is 0 Å². The molecule has 0 aliphatic carbocycles. The molecule has 1 atom stereocenters. The molecule has 0 aromatic rings. The number of hydrogen-bond acceptors (Lipinski definition) is 5. The topological polar surface area (TPSA) is 121 Å². The molecule has 0 aromatic heterocycles. The van der Waals surface area contributed by atoms with Crippen molar-refractivity contribution in [3.05, 3.63) is 0 Å². The molecule has 0 saturated carbocycles. The molecule has 0 fully saturated rings. The molecule has 0 unspecified atom stereocenters. The van der Waals surface area contributed by atoms with Gasteiger partial charge in [-0.3, -0.25) is 9.59 Å². The van der Waals surface area contributed by atoms with Gasteiger partial charge in [-0.2, -0.15) is 0 Å². The van der Waals surface area contributed by atoms with E-state index in [4.69, 9.17) is 21.9 Å². The molecule has 0 aromatic carbocycles. The number of amides is 1. The molecule has 6 nitrogen and oxygen atoms in total. The Balaban J connectivity index is 3.55. The highest BCUT2D eigenvalue weighted by atomic mass is 16.5. The van der Waals surface area contributed by atoms with E-state index in [2.05, 4.69) is 0 Å². The largest absolute Gasteiger partial charge is 0.465 e. The Hall–Kier alpha value is -1.14. The lowest BCUT2D eigenvalue weighted by Gasteiger charge is -2.10. The van der Waals surface area contributed by atoms with Crippen LogP contribution in [0, 0.1) is 0 Å². The molecule has 0 heterocycles. The predicted molar refractivity (Wildman–Crippen MR) is 55.7 cm³/mol. The lowest BCUT2D eigenvalue weighted by Crippen LogP contribution is -2.33. The average molecular weight is 217 g/mol. The van der Waals surface area contributed by atoms with Gasteiger partial charge in [-0.15, -0.1) is 0 Å². The number of carbonyl (C=O) groups is 2. The second kappa shape index (κ2) is 8.19. The molecular weight excluding hydrogens is 198 g/mol. The van der Waals surface area contributed by atoms with Crippen molar-refractivity contribution in [3.63, 3.8) is 0 Å². The minimum absolute atomic E-state index is 0.0963. The van der Waals surface area contributed by atoms with E-state index in [9.17, 15) is 9.59 Å². The summed E-state index contributed by atoms with van der Waals surface area (Å²) in [6, 6.07) is -0.768. The summed E-state index contributed by atoms with van der Waals surface area (Å²) in [6.07, 6.45) is 1.86. The Labute approximate surface area is 89.1 Å². The van der Waals surface area contributed by atoms with Gasteiger partial charge in [-0.05, 0) is 25.8 Å². The van der Waals surface area contributed by atoms with Gasteiger partial charge in [-0.25, -0.2) is 0 Å². The molecule has 1 amide bonds. The molecule has 0 saturated heterocycles. The lowest BCUT2D eigenvalue weighted by atomic mass is 10.1. The van der Waals surface area contributed by atoms with Crippen molar-refractivity contribution in [2.45, 2.75) is 31.7 Å². The Morgan fingerprint density at radius 2 is 1.93 bits per heavy atom. The maximum Gasteiger partial charge on any atom is 0.322 e. The van der Waals surface area contributed by atoms with Crippen molar-refractivity contribution in [1.29, 1.82) is 0 Å². The summed E-state index contributed by atoms with van der Waals surface area (Å²) >= 11 is 0. The zero-order chi connectivity index (χ0) is 11.7. The normalized spacial score (nSPS) is 12.1. The SMILES string of the molecule is NCCCCOC(=O)[C@@H](N)CCC(N)=O. The molecule has 0 spiro atoms. The molecule has 6 N–H and O–H groups in total.